The standard InChI is InChI=1S/C21H19ClN2O2S/c1-14(11-15(2)25)3-4-16-5-8-20(24-13-16)26-19-7-6-17(12-18(19)22)21-23-9-10-27-21/h3-10,12-14H,11H2,1-2H3/b4-3+/t14-/m0/s1. The summed E-state index contributed by atoms with van der Waals surface area (Å²) in [5.41, 5.74) is 1.90. The minimum atomic E-state index is 0.187. The number of carbonyl (C=O) groups is 1. The zero-order valence-corrected chi connectivity index (χ0v) is 16.6. The number of allylic oxidation sites excluding steroid dienone is 1. The first kappa shape index (κ1) is 19.3. The largest absolute Gasteiger partial charge is 0.437 e. The molecule has 0 aliphatic carbocycles. The molecule has 3 rings (SSSR count). The Balaban J connectivity index is 1.66. The molecule has 0 spiro atoms. The maximum Gasteiger partial charge on any atom is 0.219 e. The summed E-state index contributed by atoms with van der Waals surface area (Å²) in [6.07, 6.45) is 8.00. The van der Waals surface area contributed by atoms with Crippen molar-refractivity contribution in [2.24, 2.45) is 5.92 Å². The predicted octanol–water partition coefficient (Wildman–Crippen LogP) is 6.28. The molecule has 138 valence electrons. The first-order valence-electron chi connectivity index (χ1n) is 8.52. The Kier molecular flexibility index (Phi) is 6.37. The summed E-state index contributed by atoms with van der Waals surface area (Å²) in [7, 11) is 0. The third kappa shape index (κ3) is 5.49. The van der Waals surface area contributed by atoms with Crippen molar-refractivity contribution >= 4 is 34.8 Å². The van der Waals surface area contributed by atoms with Crippen LogP contribution in [-0.2, 0) is 4.79 Å². The van der Waals surface area contributed by atoms with E-state index in [1.807, 2.05) is 48.7 Å². The van der Waals surface area contributed by atoms with Gasteiger partial charge >= 0.3 is 0 Å². The highest BCUT2D eigenvalue weighted by Gasteiger charge is 2.08. The fourth-order valence-corrected chi connectivity index (χ4v) is 3.40. The third-order valence-electron chi connectivity index (χ3n) is 3.81. The molecule has 0 bridgehead atoms. The number of hydrogen-bond donors (Lipinski definition) is 0. The molecule has 6 heteroatoms. The third-order valence-corrected chi connectivity index (χ3v) is 4.93. The normalized spacial score (nSPS) is 12.3. The Morgan fingerprint density at radius 3 is 2.78 bits per heavy atom. The number of ketones is 1. The summed E-state index contributed by atoms with van der Waals surface area (Å²) in [6, 6.07) is 9.28. The van der Waals surface area contributed by atoms with E-state index >= 15 is 0 Å². The highest BCUT2D eigenvalue weighted by molar-refractivity contribution is 7.13. The molecule has 0 fully saturated rings. The van der Waals surface area contributed by atoms with Gasteiger partial charge in [-0.05, 0) is 42.7 Å². The number of pyridine rings is 1. The van der Waals surface area contributed by atoms with Gasteiger partial charge < -0.3 is 9.53 Å². The van der Waals surface area contributed by atoms with Crippen LogP contribution in [0.15, 0.2) is 54.2 Å². The average molecular weight is 399 g/mol. The summed E-state index contributed by atoms with van der Waals surface area (Å²) in [6.45, 7) is 3.62. The fraction of sp³-hybridized carbons (Fsp3) is 0.190. The lowest BCUT2D eigenvalue weighted by Gasteiger charge is -2.08. The molecule has 27 heavy (non-hydrogen) atoms. The van der Waals surface area contributed by atoms with Crippen molar-refractivity contribution in [2.75, 3.05) is 0 Å². The molecule has 4 nitrogen and oxygen atoms in total. The van der Waals surface area contributed by atoms with Crippen molar-refractivity contribution in [3.8, 4) is 22.2 Å². The smallest absolute Gasteiger partial charge is 0.219 e. The van der Waals surface area contributed by atoms with Crippen LogP contribution in [0.4, 0.5) is 0 Å². The van der Waals surface area contributed by atoms with Gasteiger partial charge in [-0.3, -0.25) is 0 Å². The second-order valence-electron chi connectivity index (χ2n) is 6.26. The molecule has 3 aromatic rings. The number of benzene rings is 1. The number of hydrogen-bond acceptors (Lipinski definition) is 5. The fourth-order valence-electron chi connectivity index (χ4n) is 2.54. The number of Topliss-reactive ketones (excluding diaryl/α,β-unsaturated/α-hetero) is 1. The molecule has 0 amide bonds. The van der Waals surface area contributed by atoms with E-state index in [9.17, 15) is 4.79 Å². The number of nitrogens with zero attached hydrogens (tertiary/aromatic N) is 2. The van der Waals surface area contributed by atoms with Gasteiger partial charge in [-0.15, -0.1) is 11.3 Å². The molecule has 2 heterocycles. The maximum absolute atomic E-state index is 11.1. The molecule has 0 aliphatic heterocycles. The van der Waals surface area contributed by atoms with Crippen molar-refractivity contribution in [3.63, 3.8) is 0 Å². The topological polar surface area (TPSA) is 52.1 Å². The van der Waals surface area contributed by atoms with E-state index in [2.05, 4.69) is 9.97 Å². The van der Waals surface area contributed by atoms with E-state index in [0.29, 0.717) is 23.1 Å². The van der Waals surface area contributed by atoms with Crippen molar-refractivity contribution < 1.29 is 9.53 Å². The molecular formula is C21H19ClN2O2S. The van der Waals surface area contributed by atoms with E-state index in [4.69, 9.17) is 16.3 Å². The van der Waals surface area contributed by atoms with E-state index in [1.54, 1.807) is 36.7 Å². The molecule has 1 atom stereocenters. The molecule has 2 aromatic heterocycles. The Hall–Kier alpha value is -2.50. The number of thiazole rings is 1. The van der Waals surface area contributed by atoms with Gasteiger partial charge in [0.05, 0.1) is 5.02 Å². The van der Waals surface area contributed by atoms with Gasteiger partial charge in [0.25, 0.3) is 0 Å². The SMILES string of the molecule is CC(=O)C[C@@H](C)/C=C/c1ccc(Oc2ccc(-c3nccs3)cc2Cl)nc1. The highest BCUT2D eigenvalue weighted by Crippen LogP contribution is 2.33. The Labute approximate surface area is 167 Å². The first-order chi connectivity index (χ1) is 13.0. The Morgan fingerprint density at radius 1 is 1.30 bits per heavy atom. The molecular weight excluding hydrogens is 380 g/mol. The summed E-state index contributed by atoms with van der Waals surface area (Å²) >= 11 is 7.90. The lowest BCUT2D eigenvalue weighted by atomic mass is 10.0. The van der Waals surface area contributed by atoms with Crippen LogP contribution >= 0.6 is 22.9 Å². The number of rotatable bonds is 7. The molecule has 0 unspecified atom stereocenters. The van der Waals surface area contributed by atoms with Gasteiger partial charge in [-0.2, -0.15) is 0 Å². The average Bonchev–Trinajstić information content (AvgIpc) is 3.17. The quantitative estimate of drug-likeness (QED) is 0.470. The number of ether oxygens (including phenoxy) is 1. The van der Waals surface area contributed by atoms with Gasteiger partial charge in [-0.25, -0.2) is 9.97 Å². The first-order valence-corrected chi connectivity index (χ1v) is 9.78. The lowest BCUT2D eigenvalue weighted by Crippen LogP contribution is -1.97. The van der Waals surface area contributed by atoms with E-state index in [0.717, 1.165) is 16.1 Å². The molecule has 0 saturated carbocycles. The van der Waals surface area contributed by atoms with Crippen LogP contribution in [0.3, 0.4) is 0 Å². The predicted molar refractivity (Wildman–Crippen MR) is 110 cm³/mol. The number of carbonyl (C=O) groups excluding carboxylic acids is 1. The van der Waals surface area contributed by atoms with Crippen LogP contribution in [0, 0.1) is 5.92 Å². The Morgan fingerprint density at radius 2 is 2.15 bits per heavy atom. The van der Waals surface area contributed by atoms with Crippen LogP contribution in [0.5, 0.6) is 11.6 Å². The van der Waals surface area contributed by atoms with Gasteiger partial charge in [0.2, 0.25) is 5.88 Å². The van der Waals surface area contributed by atoms with Crippen molar-refractivity contribution in [1.29, 1.82) is 0 Å². The van der Waals surface area contributed by atoms with E-state index < -0.39 is 0 Å². The number of halogens is 1. The van der Waals surface area contributed by atoms with Crippen molar-refractivity contribution in [1.82, 2.24) is 9.97 Å². The Bertz CT molecular complexity index is 937. The highest BCUT2D eigenvalue weighted by atomic mass is 35.5. The lowest BCUT2D eigenvalue weighted by molar-refractivity contribution is -0.117. The summed E-state index contributed by atoms with van der Waals surface area (Å²) < 4.78 is 5.79. The van der Waals surface area contributed by atoms with Crippen molar-refractivity contribution in [2.45, 2.75) is 20.3 Å². The van der Waals surface area contributed by atoms with Crippen LogP contribution in [0.25, 0.3) is 16.6 Å². The number of aromatic nitrogens is 2. The minimum absolute atomic E-state index is 0.187. The zero-order chi connectivity index (χ0) is 19.2. The zero-order valence-electron chi connectivity index (χ0n) is 15.1. The maximum atomic E-state index is 11.1. The monoisotopic (exact) mass is 398 g/mol. The summed E-state index contributed by atoms with van der Waals surface area (Å²) in [4.78, 5) is 19.7. The van der Waals surface area contributed by atoms with E-state index in [1.165, 1.54) is 0 Å². The molecule has 0 aliphatic rings. The minimum Gasteiger partial charge on any atom is -0.437 e. The van der Waals surface area contributed by atoms with Crippen molar-refractivity contribution in [3.05, 3.63) is 64.8 Å². The van der Waals surface area contributed by atoms with Crippen LogP contribution in [0.1, 0.15) is 25.8 Å². The van der Waals surface area contributed by atoms with Gasteiger partial charge in [0.1, 0.15) is 16.5 Å². The second-order valence-corrected chi connectivity index (χ2v) is 7.56. The van der Waals surface area contributed by atoms with Gasteiger partial charge in [0, 0.05) is 35.8 Å². The second kappa shape index (κ2) is 8.93. The molecule has 0 saturated heterocycles. The molecule has 0 N–H and O–H groups in total. The van der Waals surface area contributed by atoms with Gasteiger partial charge in [0.15, 0.2) is 0 Å². The van der Waals surface area contributed by atoms with Gasteiger partial charge in [-0.1, -0.05) is 30.7 Å². The molecule has 0 radical (unpaired) electrons. The summed E-state index contributed by atoms with van der Waals surface area (Å²) in [5.74, 6) is 1.40. The van der Waals surface area contributed by atoms with Crippen LogP contribution in [0.2, 0.25) is 5.02 Å². The van der Waals surface area contributed by atoms with Crippen LogP contribution < -0.4 is 4.74 Å². The summed E-state index contributed by atoms with van der Waals surface area (Å²) in [5, 5.41) is 3.34. The molecule has 1 aromatic carbocycles. The van der Waals surface area contributed by atoms with E-state index in [-0.39, 0.29) is 11.7 Å². The van der Waals surface area contributed by atoms with Crippen LogP contribution in [-0.4, -0.2) is 15.8 Å².